The molecule has 0 N–H and O–H groups in total. The normalized spacial score (nSPS) is 13.1. The van der Waals surface area contributed by atoms with E-state index in [2.05, 4.69) is 4.99 Å². The monoisotopic (exact) mass is 412 g/mol. The summed E-state index contributed by atoms with van der Waals surface area (Å²) in [7, 11) is 1.33. The van der Waals surface area contributed by atoms with E-state index in [0.29, 0.717) is 16.3 Å². The smallest absolute Gasteiger partial charge is 0.325 e. The van der Waals surface area contributed by atoms with Crippen molar-refractivity contribution in [3.8, 4) is 11.5 Å². The van der Waals surface area contributed by atoms with E-state index in [9.17, 15) is 9.59 Å². The largest absolute Gasteiger partial charge is 0.468 e. The number of carbonyl (C=O) groups is 2. The van der Waals surface area contributed by atoms with E-state index >= 15 is 0 Å². The molecular formula is C21H20N2O5S. The highest BCUT2D eigenvalue weighted by atomic mass is 32.1. The van der Waals surface area contributed by atoms with Crippen LogP contribution in [-0.4, -0.2) is 30.3 Å². The van der Waals surface area contributed by atoms with Crippen molar-refractivity contribution in [2.45, 2.75) is 26.8 Å². The molecule has 0 saturated heterocycles. The first-order chi connectivity index (χ1) is 13.9. The van der Waals surface area contributed by atoms with Crippen LogP contribution in [0.2, 0.25) is 0 Å². The van der Waals surface area contributed by atoms with E-state index in [1.807, 2.05) is 38.1 Å². The number of hydrogen-bond donors (Lipinski definition) is 0. The van der Waals surface area contributed by atoms with Gasteiger partial charge in [-0.2, -0.15) is 4.99 Å². The quantitative estimate of drug-likeness (QED) is 0.616. The molecule has 1 aromatic heterocycles. The van der Waals surface area contributed by atoms with Gasteiger partial charge in [0.2, 0.25) is 6.79 Å². The highest BCUT2D eigenvalue weighted by Gasteiger charge is 2.19. The van der Waals surface area contributed by atoms with Crippen molar-refractivity contribution in [2.24, 2.45) is 4.99 Å². The summed E-state index contributed by atoms with van der Waals surface area (Å²) in [6.45, 7) is 4.11. The van der Waals surface area contributed by atoms with Gasteiger partial charge in [0.1, 0.15) is 6.54 Å². The lowest BCUT2D eigenvalue weighted by Gasteiger charge is -2.05. The van der Waals surface area contributed by atoms with Crippen LogP contribution >= 0.6 is 11.3 Å². The fourth-order valence-corrected chi connectivity index (χ4v) is 4.30. The van der Waals surface area contributed by atoms with Crippen LogP contribution in [0.4, 0.5) is 0 Å². The first kappa shape index (κ1) is 19.2. The van der Waals surface area contributed by atoms with Gasteiger partial charge >= 0.3 is 5.97 Å². The van der Waals surface area contributed by atoms with Gasteiger partial charge in [-0.05, 0) is 25.0 Å². The topological polar surface area (TPSA) is 79.1 Å². The predicted molar refractivity (Wildman–Crippen MR) is 108 cm³/mol. The summed E-state index contributed by atoms with van der Waals surface area (Å²) < 4.78 is 18.2. The van der Waals surface area contributed by atoms with E-state index in [4.69, 9.17) is 14.2 Å². The molecule has 2 heterocycles. The number of benzene rings is 2. The fourth-order valence-electron chi connectivity index (χ4n) is 3.24. The van der Waals surface area contributed by atoms with E-state index < -0.39 is 5.97 Å². The molecule has 2 aromatic carbocycles. The van der Waals surface area contributed by atoms with Crippen LogP contribution in [0.1, 0.15) is 16.7 Å². The second-order valence-electron chi connectivity index (χ2n) is 6.83. The third-order valence-corrected chi connectivity index (χ3v) is 5.79. The van der Waals surface area contributed by atoms with Gasteiger partial charge in [-0.3, -0.25) is 9.59 Å². The zero-order chi connectivity index (χ0) is 20.5. The number of amides is 1. The first-order valence-electron chi connectivity index (χ1n) is 9.08. The Morgan fingerprint density at radius 1 is 1.17 bits per heavy atom. The van der Waals surface area contributed by atoms with E-state index in [-0.39, 0.29) is 25.7 Å². The lowest BCUT2D eigenvalue weighted by atomic mass is 10.0. The minimum atomic E-state index is -0.425. The van der Waals surface area contributed by atoms with Crippen LogP contribution in [0.5, 0.6) is 11.5 Å². The number of fused-ring (bicyclic) bond motifs is 2. The molecule has 0 saturated carbocycles. The third kappa shape index (κ3) is 3.88. The Hall–Kier alpha value is -3.13. The first-order valence-corrected chi connectivity index (χ1v) is 9.90. The average molecular weight is 412 g/mol. The van der Waals surface area contributed by atoms with Gasteiger partial charge in [0.05, 0.1) is 23.7 Å². The molecule has 0 aliphatic carbocycles. The minimum absolute atomic E-state index is 0.0498. The molecule has 0 fully saturated rings. The molecule has 7 nitrogen and oxygen atoms in total. The SMILES string of the molecule is COC(=O)Cn1c(=NC(=O)Cc2ccc(C)cc2C)sc2cc3c(cc21)OCO3. The number of carbonyl (C=O) groups excluding carboxylic acids is 2. The second-order valence-corrected chi connectivity index (χ2v) is 7.84. The summed E-state index contributed by atoms with van der Waals surface area (Å²) in [5, 5.41) is 0. The van der Waals surface area contributed by atoms with Gasteiger partial charge in [0.25, 0.3) is 5.91 Å². The van der Waals surface area contributed by atoms with Crippen LogP contribution in [0.25, 0.3) is 10.2 Å². The maximum Gasteiger partial charge on any atom is 0.325 e. The Balaban J connectivity index is 1.75. The third-order valence-electron chi connectivity index (χ3n) is 4.75. The van der Waals surface area contributed by atoms with Crippen molar-refractivity contribution in [3.05, 3.63) is 51.8 Å². The number of rotatable bonds is 4. The number of ether oxygens (including phenoxy) is 3. The van der Waals surface area contributed by atoms with Crippen molar-refractivity contribution in [3.63, 3.8) is 0 Å². The molecule has 0 bridgehead atoms. The standard InChI is InChI=1S/C21H20N2O5S/c1-12-4-5-14(13(2)6-12)7-19(24)22-21-23(10-20(25)26-3)15-8-16-17(28-11-27-16)9-18(15)29-21/h4-6,8-9H,7,10-11H2,1-3H3. The molecule has 1 aliphatic heterocycles. The number of nitrogens with zero attached hydrogens (tertiary/aromatic N) is 2. The molecule has 0 atom stereocenters. The van der Waals surface area contributed by atoms with Gasteiger partial charge in [0.15, 0.2) is 16.3 Å². The van der Waals surface area contributed by atoms with Crippen LogP contribution in [0.15, 0.2) is 35.3 Å². The average Bonchev–Trinajstić information content (AvgIpc) is 3.26. The molecule has 0 radical (unpaired) electrons. The zero-order valence-electron chi connectivity index (χ0n) is 16.4. The predicted octanol–water partition coefficient (Wildman–Crippen LogP) is 2.89. The van der Waals surface area contributed by atoms with Crippen molar-refractivity contribution in [2.75, 3.05) is 13.9 Å². The van der Waals surface area contributed by atoms with Crippen LogP contribution < -0.4 is 14.3 Å². The van der Waals surface area contributed by atoms with E-state index in [0.717, 1.165) is 26.9 Å². The molecule has 0 unspecified atom stereocenters. The summed E-state index contributed by atoms with van der Waals surface area (Å²) in [5.74, 6) is 0.534. The van der Waals surface area contributed by atoms with Crippen LogP contribution in [-0.2, 0) is 27.3 Å². The lowest BCUT2D eigenvalue weighted by molar-refractivity contribution is -0.141. The maximum absolute atomic E-state index is 12.7. The lowest BCUT2D eigenvalue weighted by Crippen LogP contribution is -2.22. The molecule has 1 aliphatic rings. The Kier molecular flexibility index (Phi) is 5.10. The van der Waals surface area contributed by atoms with Gasteiger partial charge in [-0.25, -0.2) is 0 Å². The summed E-state index contributed by atoms with van der Waals surface area (Å²) in [5.41, 5.74) is 3.88. The number of aryl methyl sites for hydroxylation is 2. The summed E-state index contributed by atoms with van der Waals surface area (Å²) in [6.07, 6.45) is 0.196. The van der Waals surface area contributed by atoms with Crippen molar-refractivity contribution < 1.29 is 23.8 Å². The van der Waals surface area contributed by atoms with Gasteiger partial charge in [0, 0.05) is 12.1 Å². The number of esters is 1. The van der Waals surface area contributed by atoms with E-state index in [1.165, 1.54) is 18.4 Å². The molecule has 29 heavy (non-hydrogen) atoms. The molecular weight excluding hydrogens is 392 g/mol. The maximum atomic E-state index is 12.7. The molecule has 3 aromatic rings. The molecule has 1 amide bonds. The van der Waals surface area contributed by atoms with Gasteiger partial charge < -0.3 is 18.8 Å². The Morgan fingerprint density at radius 2 is 1.93 bits per heavy atom. The van der Waals surface area contributed by atoms with Crippen molar-refractivity contribution in [1.82, 2.24) is 4.57 Å². The molecule has 4 rings (SSSR count). The Bertz CT molecular complexity index is 1190. The van der Waals surface area contributed by atoms with Crippen molar-refractivity contribution in [1.29, 1.82) is 0 Å². The zero-order valence-corrected chi connectivity index (χ0v) is 17.2. The minimum Gasteiger partial charge on any atom is -0.468 e. The van der Waals surface area contributed by atoms with Crippen LogP contribution in [0, 0.1) is 13.8 Å². The second kappa shape index (κ2) is 7.71. The van der Waals surface area contributed by atoms with E-state index in [1.54, 1.807) is 10.6 Å². The van der Waals surface area contributed by atoms with Crippen LogP contribution in [0.3, 0.4) is 0 Å². The number of thiazole rings is 1. The summed E-state index contributed by atoms with van der Waals surface area (Å²) in [4.78, 5) is 29.3. The summed E-state index contributed by atoms with van der Waals surface area (Å²) in [6, 6.07) is 9.61. The Morgan fingerprint density at radius 3 is 2.66 bits per heavy atom. The van der Waals surface area contributed by atoms with Crippen molar-refractivity contribution >= 4 is 33.4 Å². The number of aromatic nitrogens is 1. The number of hydrogen-bond acceptors (Lipinski definition) is 6. The number of methoxy groups -OCH3 is 1. The molecule has 8 heteroatoms. The van der Waals surface area contributed by atoms with Gasteiger partial charge in [-0.1, -0.05) is 35.1 Å². The highest BCUT2D eigenvalue weighted by molar-refractivity contribution is 7.16. The summed E-state index contributed by atoms with van der Waals surface area (Å²) >= 11 is 1.32. The highest BCUT2D eigenvalue weighted by Crippen LogP contribution is 2.37. The molecule has 150 valence electrons. The molecule has 0 spiro atoms. The fraction of sp³-hybridized carbons (Fsp3) is 0.286. The Labute approximate surface area is 171 Å². The van der Waals surface area contributed by atoms with Gasteiger partial charge in [-0.15, -0.1) is 0 Å².